The monoisotopic (exact) mass is 283 g/mol. The summed E-state index contributed by atoms with van der Waals surface area (Å²) in [5, 5.41) is 11.6. The van der Waals surface area contributed by atoms with E-state index in [9.17, 15) is 10.1 Å². The Balaban J connectivity index is 2.33. The van der Waals surface area contributed by atoms with Crippen molar-refractivity contribution in [1.82, 2.24) is 0 Å². The Labute approximate surface area is 117 Å². The van der Waals surface area contributed by atoms with Crippen LogP contribution in [0, 0.1) is 16.0 Å². The number of halogens is 1. The largest absolute Gasteiger partial charge is 0.364 e. The van der Waals surface area contributed by atoms with Gasteiger partial charge in [-0.2, -0.15) is 0 Å². The Morgan fingerprint density at radius 3 is 2.95 bits per heavy atom. The van der Waals surface area contributed by atoms with Gasteiger partial charge in [-0.25, -0.2) is 0 Å². The van der Waals surface area contributed by atoms with Gasteiger partial charge in [-0.3, -0.25) is 10.1 Å². The number of piperidine rings is 1. The number of nitrogens with two attached hydrogens (primary N) is 1. The molecular weight excluding hydrogens is 266 g/mol. The predicted octanol–water partition coefficient (Wildman–Crippen LogP) is 2.81. The number of anilines is 1. The summed E-state index contributed by atoms with van der Waals surface area (Å²) >= 11 is 6.16. The number of nitro groups is 1. The Hall–Kier alpha value is -1.33. The molecule has 0 amide bonds. The maximum atomic E-state index is 11.1. The van der Waals surface area contributed by atoms with Crippen molar-refractivity contribution in [2.75, 3.05) is 18.0 Å². The summed E-state index contributed by atoms with van der Waals surface area (Å²) in [6.45, 7) is 3.49. The number of nitro benzene ring substituents is 1. The molecule has 2 atom stereocenters. The first-order valence-corrected chi connectivity index (χ1v) is 6.82. The summed E-state index contributed by atoms with van der Waals surface area (Å²) in [6.07, 6.45) is 2.04. The minimum atomic E-state index is -0.378. The molecule has 19 heavy (non-hydrogen) atoms. The standard InChI is InChI=1S/C13H18ClN3O2/c1-9(15)10-4-3-7-16(8-10)13-11(14)5-2-6-12(13)17(18)19/h2,5-6,9-10H,3-4,7-8,15H2,1H3. The summed E-state index contributed by atoms with van der Waals surface area (Å²) in [7, 11) is 0. The smallest absolute Gasteiger partial charge is 0.294 e. The molecule has 6 heteroatoms. The van der Waals surface area contributed by atoms with Crippen LogP contribution in [0.2, 0.25) is 5.02 Å². The van der Waals surface area contributed by atoms with Crippen molar-refractivity contribution in [3.05, 3.63) is 33.3 Å². The molecule has 2 unspecified atom stereocenters. The number of para-hydroxylation sites is 1. The van der Waals surface area contributed by atoms with E-state index in [4.69, 9.17) is 17.3 Å². The zero-order valence-electron chi connectivity index (χ0n) is 10.9. The van der Waals surface area contributed by atoms with Crippen LogP contribution in [-0.2, 0) is 0 Å². The van der Waals surface area contributed by atoms with Crippen LogP contribution in [0.4, 0.5) is 11.4 Å². The van der Waals surface area contributed by atoms with E-state index in [0.717, 1.165) is 25.9 Å². The second kappa shape index (κ2) is 5.75. The average Bonchev–Trinajstić information content (AvgIpc) is 2.38. The number of benzene rings is 1. The van der Waals surface area contributed by atoms with Crippen molar-refractivity contribution >= 4 is 23.0 Å². The number of nitrogens with zero attached hydrogens (tertiary/aromatic N) is 2. The van der Waals surface area contributed by atoms with E-state index in [2.05, 4.69) is 0 Å². The van der Waals surface area contributed by atoms with Crippen LogP contribution in [0.25, 0.3) is 0 Å². The van der Waals surface area contributed by atoms with Crippen molar-refractivity contribution in [3.63, 3.8) is 0 Å². The summed E-state index contributed by atoms with van der Waals surface area (Å²) in [5.41, 5.74) is 6.54. The lowest BCUT2D eigenvalue weighted by atomic mass is 9.92. The van der Waals surface area contributed by atoms with Crippen molar-refractivity contribution in [1.29, 1.82) is 0 Å². The van der Waals surface area contributed by atoms with Crippen molar-refractivity contribution < 1.29 is 4.92 Å². The molecule has 1 heterocycles. The molecule has 0 bridgehead atoms. The topological polar surface area (TPSA) is 72.4 Å². The Morgan fingerprint density at radius 1 is 1.58 bits per heavy atom. The molecule has 1 aromatic carbocycles. The molecule has 0 aliphatic carbocycles. The maximum absolute atomic E-state index is 11.1. The maximum Gasteiger partial charge on any atom is 0.294 e. The van der Waals surface area contributed by atoms with Gasteiger partial charge >= 0.3 is 0 Å². The quantitative estimate of drug-likeness (QED) is 0.684. The van der Waals surface area contributed by atoms with Gasteiger partial charge in [0.25, 0.3) is 5.69 Å². The van der Waals surface area contributed by atoms with Crippen LogP contribution in [0.1, 0.15) is 19.8 Å². The van der Waals surface area contributed by atoms with Gasteiger partial charge in [-0.05, 0) is 31.7 Å². The first kappa shape index (κ1) is 14.1. The molecule has 1 aliphatic heterocycles. The van der Waals surface area contributed by atoms with E-state index >= 15 is 0 Å². The highest BCUT2D eigenvalue weighted by Gasteiger charge is 2.28. The summed E-state index contributed by atoms with van der Waals surface area (Å²) < 4.78 is 0. The molecule has 5 nitrogen and oxygen atoms in total. The molecule has 0 radical (unpaired) electrons. The van der Waals surface area contributed by atoms with Crippen LogP contribution in [0.15, 0.2) is 18.2 Å². The Bertz CT molecular complexity index is 479. The van der Waals surface area contributed by atoms with Crippen LogP contribution >= 0.6 is 11.6 Å². The van der Waals surface area contributed by atoms with Gasteiger partial charge in [0.15, 0.2) is 0 Å². The number of hydrogen-bond donors (Lipinski definition) is 1. The van der Waals surface area contributed by atoms with E-state index in [1.807, 2.05) is 11.8 Å². The molecular formula is C13H18ClN3O2. The van der Waals surface area contributed by atoms with Crippen LogP contribution < -0.4 is 10.6 Å². The Morgan fingerprint density at radius 2 is 2.32 bits per heavy atom. The minimum Gasteiger partial charge on any atom is -0.364 e. The second-order valence-corrected chi connectivity index (χ2v) is 5.48. The first-order valence-electron chi connectivity index (χ1n) is 6.44. The molecule has 1 saturated heterocycles. The van der Waals surface area contributed by atoms with Crippen molar-refractivity contribution in [2.24, 2.45) is 11.7 Å². The van der Waals surface area contributed by atoms with Gasteiger partial charge in [0.2, 0.25) is 0 Å². The SMILES string of the molecule is CC(N)C1CCCN(c2c(Cl)cccc2[N+](=O)[O-])C1. The molecule has 104 valence electrons. The van der Waals surface area contributed by atoms with Gasteiger partial charge in [-0.15, -0.1) is 0 Å². The summed E-state index contributed by atoms with van der Waals surface area (Å²) in [4.78, 5) is 12.7. The van der Waals surface area contributed by atoms with Crippen LogP contribution in [0.5, 0.6) is 0 Å². The third kappa shape index (κ3) is 2.98. The van der Waals surface area contributed by atoms with Gasteiger partial charge < -0.3 is 10.6 Å². The lowest BCUT2D eigenvalue weighted by molar-refractivity contribution is -0.384. The van der Waals surface area contributed by atoms with Gasteiger partial charge in [0, 0.05) is 25.2 Å². The zero-order chi connectivity index (χ0) is 14.0. The molecule has 1 aromatic rings. The molecule has 2 N–H and O–H groups in total. The van der Waals surface area contributed by atoms with E-state index in [1.54, 1.807) is 12.1 Å². The van der Waals surface area contributed by atoms with E-state index in [-0.39, 0.29) is 16.7 Å². The third-order valence-electron chi connectivity index (χ3n) is 3.68. The zero-order valence-corrected chi connectivity index (χ0v) is 11.6. The fourth-order valence-corrected chi connectivity index (χ4v) is 2.90. The van der Waals surface area contributed by atoms with Gasteiger partial charge in [-0.1, -0.05) is 17.7 Å². The highest BCUT2D eigenvalue weighted by Crippen LogP contribution is 2.37. The van der Waals surface area contributed by atoms with E-state index in [1.165, 1.54) is 6.07 Å². The van der Waals surface area contributed by atoms with Crippen molar-refractivity contribution in [2.45, 2.75) is 25.8 Å². The molecule has 1 aliphatic rings. The molecule has 0 aromatic heterocycles. The molecule has 2 rings (SSSR count). The minimum absolute atomic E-state index is 0.0674. The number of hydrogen-bond acceptors (Lipinski definition) is 4. The van der Waals surface area contributed by atoms with Gasteiger partial charge in [0.05, 0.1) is 9.95 Å². The van der Waals surface area contributed by atoms with Crippen molar-refractivity contribution in [3.8, 4) is 0 Å². The fraction of sp³-hybridized carbons (Fsp3) is 0.538. The van der Waals surface area contributed by atoms with E-state index in [0.29, 0.717) is 16.6 Å². The first-order chi connectivity index (χ1) is 9.00. The lowest BCUT2D eigenvalue weighted by Crippen LogP contribution is -2.42. The fourth-order valence-electron chi connectivity index (χ4n) is 2.61. The summed E-state index contributed by atoms with van der Waals surface area (Å²) in [5.74, 6) is 0.352. The average molecular weight is 284 g/mol. The normalized spacial score (nSPS) is 21.2. The molecule has 1 fully saturated rings. The second-order valence-electron chi connectivity index (χ2n) is 5.07. The highest BCUT2D eigenvalue weighted by atomic mass is 35.5. The van der Waals surface area contributed by atoms with Crippen LogP contribution in [0.3, 0.4) is 0 Å². The molecule has 0 saturated carbocycles. The number of rotatable bonds is 3. The highest BCUT2D eigenvalue weighted by molar-refractivity contribution is 6.33. The summed E-state index contributed by atoms with van der Waals surface area (Å²) in [6, 6.07) is 4.89. The van der Waals surface area contributed by atoms with Gasteiger partial charge in [0.1, 0.15) is 5.69 Å². The molecule has 0 spiro atoms. The van der Waals surface area contributed by atoms with E-state index < -0.39 is 0 Å². The van der Waals surface area contributed by atoms with Crippen LogP contribution in [-0.4, -0.2) is 24.1 Å². The Kier molecular flexibility index (Phi) is 4.27. The predicted molar refractivity (Wildman–Crippen MR) is 76.7 cm³/mol. The third-order valence-corrected chi connectivity index (χ3v) is 3.98. The lowest BCUT2D eigenvalue weighted by Gasteiger charge is -2.36.